The molecule has 1 aliphatic rings. The fourth-order valence-electron chi connectivity index (χ4n) is 2.85. The third-order valence-corrected chi connectivity index (χ3v) is 5.99. The van der Waals surface area contributed by atoms with Gasteiger partial charge in [0.1, 0.15) is 0 Å². The SMILES string of the molecule is CCCNC(Cc1cccs1)C1CSc2ccccc21. The van der Waals surface area contributed by atoms with E-state index in [2.05, 4.69) is 54.0 Å². The van der Waals surface area contributed by atoms with Crippen molar-refractivity contribution in [3.63, 3.8) is 0 Å². The summed E-state index contributed by atoms with van der Waals surface area (Å²) in [4.78, 5) is 2.97. The lowest BCUT2D eigenvalue weighted by Gasteiger charge is -2.25. The topological polar surface area (TPSA) is 12.0 Å². The standard InChI is InChI=1S/C17H21NS2/c1-2-9-18-16(11-13-6-5-10-19-13)15-12-20-17-8-4-3-7-14(15)17/h3-8,10,15-16,18H,2,9,11-12H2,1H3. The molecule has 0 radical (unpaired) electrons. The predicted molar refractivity (Wildman–Crippen MR) is 90.0 cm³/mol. The van der Waals surface area contributed by atoms with Crippen LogP contribution in [-0.4, -0.2) is 18.3 Å². The molecule has 106 valence electrons. The van der Waals surface area contributed by atoms with Crippen molar-refractivity contribution in [2.45, 2.75) is 36.6 Å². The predicted octanol–water partition coefficient (Wildman–Crippen LogP) is 4.55. The molecule has 0 aliphatic carbocycles. The molecule has 3 rings (SSSR count). The third-order valence-electron chi connectivity index (χ3n) is 3.88. The van der Waals surface area contributed by atoms with Crippen LogP contribution in [0.4, 0.5) is 0 Å². The van der Waals surface area contributed by atoms with E-state index < -0.39 is 0 Å². The van der Waals surface area contributed by atoms with Crippen LogP contribution >= 0.6 is 23.1 Å². The average Bonchev–Trinajstić information content (AvgIpc) is 3.12. The van der Waals surface area contributed by atoms with Crippen LogP contribution in [-0.2, 0) is 6.42 Å². The molecule has 1 aromatic carbocycles. The van der Waals surface area contributed by atoms with Crippen LogP contribution in [0, 0.1) is 0 Å². The normalized spacial score (nSPS) is 18.9. The zero-order valence-electron chi connectivity index (χ0n) is 11.8. The zero-order valence-corrected chi connectivity index (χ0v) is 13.5. The van der Waals surface area contributed by atoms with E-state index in [-0.39, 0.29) is 0 Å². The van der Waals surface area contributed by atoms with Crippen LogP contribution in [0.5, 0.6) is 0 Å². The fraction of sp³-hybridized carbons (Fsp3) is 0.412. The molecule has 3 heteroatoms. The van der Waals surface area contributed by atoms with Crippen LogP contribution in [0.2, 0.25) is 0 Å². The summed E-state index contributed by atoms with van der Waals surface area (Å²) in [6, 6.07) is 13.9. The molecular weight excluding hydrogens is 282 g/mol. The van der Waals surface area contributed by atoms with Crippen LogP contribution < -0.4 is 5.32 Å². The second-order valence-electron chi connectivity index (χ2n) is 5.30. The lowest BCUT2D eigenvalue weighted by Crippen LogP contribution is -2.37. The number of thiophene rings is 1. The largest absolute Gasteiger partial charge is 0.313 e. The molecular formula is C17H21NS2. The van der Waals surface area contributed by atoms with Gasteiger partial charge >= 0.3 is 0 Å². The molecule has 1 nitrogen and oxygen atoms in total. The maximum absolute atomic E-state index is 3.78. The summed E-state index contributed by atoms with van der Waals surface area (Å²) in [5.41, 5.74) is 1.54. The second kappa shape index (κ2) is 6.79. The van der Waals surface area contributed by atoms with Gasteiger partial charge in [-0.1, -0.05) is 31.2 Å². The number of hydrogen-bond donors (Lipinski definition) is 1. The Bertz CT molecular complexity index is 536. The van der Waals surface area contributed by atoms with Crippen LogP contribution in [0.25, 0.3) is 0 Å². The van der Waals surface area contributed by atoms with Crippen molar-refractivity contribution in [2.75, 3.05) is 12.3 Å². The first kappa shape index (κ1) is 14.2. The Balaban J connectivity index is 1.79. The Morgan fingerprint density at radius 3 is 2.95 bits per heavy atom. The van der Waals surface area contributed by atoms with Crippen LogP contribution in [0.3, 0.4) is 0 Å². The highest BCUT2D eigenvalue weighted by atomic mass is 32.2. The lowest BCUT2D eigenvalue weighted by molar-refractivity contribution is 0.454. The second-order valence-corrected chi connectivity index (χ2v) is 7.39. The number of nitrogens with one attached hydrogen (secondary N) is 1. The molecule has 0 bridgehead atoms. The number of benzene rings is 1. The zero-order chi connectivity index (χ0) is 13.8. The van der Waals surface area contributed by atoms with Gasteiger partial charge in [-0.25, -0.2) is 0 Å². The van der Waals surface area contributed by atoms with Crippen molar-refractivity contribution in [2.24, 2.45) is 0 Å². The highest BCUT2D eigenvalue weighted by molar-refractivity contribution is 7.99. The van der Waals surface area contributed by atoms with Gasteiger partial charge in [0.2, 0.25) is 0 Å². The number of fused-ring (bicyclic) bond motifs is 1. The van der Waals surface area contributed by atoms with Gasteiger partial charge in [0.25, 0.3) is 0 Å². The van der Waals surface area contributed by atoms with Crippen LogP contribution in [0.15, 0.2) is 46.7 Å². The molecule has 0 spiro atoms. The molecule has 20 heavy (non-hydrogen) atoms. The number of thioether (sulfide) groups is 1. The van der Waals surface area contributed by atoms with Crippen molar-refractivity contribution >= 4 is 23.1 Å². The monoisotopic (exact) mass is 303 g/mol. The molecule has 2 atom stereocenters. The Morgan fingerprint density at radius 2 is 2.15 bits per heavy atom. The van der Waals surface area contributed by atoms with Gasteiger partial charge in [-0.2, -0.15) is 0 Å². The minimum Gasteiger partial charge on any atom is -0.313 e. The minimum absolute atomic E-state index is 0.560. The molecule has 0 amide bonds. The van der Waals surface area contributed by atoms with Crippen molar-refractivity contribution in [1.82, 2.24) is 5.32 Å². The first-order chi connectivity index (χ1) is 9.88. The molecule has 2 aromatic rings. The highest BCUT2D eigenvalue weighted by Crippen LogP contribution is 2.41. The first-order valence-corrected chi connectivity index (χ1v) is 9.22. The van der Waals surface area contributed by atoms with Gasteiger partial charge in [-0.05, 0) is 42.5 Å². The number of hydrogen-bond acceptors (Lipinski definition) is 3. The molecule has 1 N–H and O–H groups in total. The van der Waals surface area contributed by atoms with Crippen LogP contribution in [0.1, 0.15) is 29.7 Å². The molecule has 2 unspecified atom stereocenters. The Labute approximate surface area is 129 Å². The Kier molecular flexibility index (Phi) is 4.81. The van der Waals surface area contributed by atoms with Gasteiger partial charge in [0.15, 0.2) is 0 Å². The maximum atomic E-state index is 3.78. The summed E-state index contributed by atoms with van der Waals surface area (Å²) in [7, 11) is 0. The van der Waals surface area contributed by atoms with E-state index in [1.54, 1.807) is 5.56 Å². The average molecular weight is 303 g/mol. The van der Waals surface area contributed by atoms with Crippen molar-refractivity contribution in [1.29, 1.82) is 0 Å². The quantitative estimate of drug-likeness (QED) is 0.840. The van der Waals surface area contributed by atoms with E-state index >= 15 is 0 Å². The summed E-state index contributed by atoms with van der Waals surface area (Å²) in [6.45, 7) is 3.35. The van der Waals surface area contributed by atoms with Gasteiger partial charge in [0.05, 0.1) is 0 Å². The van der Waals surface area contributed by atoms with E-state index in [0.717, 1.165) is 13.0 Å². The van der Waals surface area contributed by atoms with E-state index in [1.165, 1.54) is 21.9 Å². The van der Waals surface area contributed by atoms with Gasteiger partial charge < -0.3 is 5.32 Å². The summed E-state index contributed by atoms with van der Waals surface area (Å²) in [6.07, 6.45) is 2.35. The first-order valence-electron chi connectivity index (χ1n) is 7.36. The smallest absolute Gasteiger partial charge is 0.0192 e. The van der Waals surface area contributed by atoms with E-state index in [1.807, 2.05) is 23.1 Å². The van der Waals surface area contributed by atoms with Crippen molar-refractivity contribution in [3.05, 3.63) is 52.2 Å². The number of rotatable bonds is 6. The van der Waals surface area contributed by atoms with Gasteiger partial charge in [-0.15, -0.1) is 23.1 Å². The third kappa shape index (κ3) is 3.11. The van der Waals surface area contributed by atoms with E-state index in [4.69, 9.17) is 0 Å². The Hall–Kier alpha value is -0.770. The highest BCUT2D eigenvalue weighted by Gasteiger charge is 2.30. The van der Waals surface area contributed by atoms with Crippen molar-refractivity contribution in [3.8, 4) is 0 Å². The molecule has 0 saturated heterocycles. The molecule has 2 heterocycles. The summed E-state index contributed by atoms with van der Waals surface area (Å²) >= 11 is 3.89. The summed E-state index contributed by atoms with van der Waals surface area (Å²) < 4.78 is 0. The molecule has 0 fully saturated rings. The Morgan fingerprint density at radius 1 is 1.25 bits per heavy atom. The fourth-order valence-corrected chi connectivity index (χ4v) is 4.95. The maximum Gasteiger partial charge on any atom is 0.0192 e. The van der Waals surface area contributed by atoms with Gasteiger partial charge in [0, 0.05) is 27.5 Å². The molecule has 1 aliphatic heterocycles. The minimum atomic E-state index is 0.560. The molecule has 1 aromatic heterocycles. The molecule has 0 saturated carbocycles. The summed E-state index contributed by atoms with van der Waals surface area (Å²) in [5, 5.41) is 5.97. The lowest BCUT2D eigenvalue weighted by atomic mass is 9.90. The summed E-state index contributed by atoms with van der Waals surface area (Å²) in [5.74, 6) is 1.86. The van der Waals surface area contributed by atoms with E-state index in [0.29, 0.717) is 12.0 Å². The van der Waals surface area contributed by atoms with Gasteiger partial charge in [-0.3, -0.25) is 0 Å². The van der Waals surface area contributed by atoms with Crippen molar-refractivity contribution < 1.29 is 0 Å². The van der Waals surface area contributed by atoms with E-state index in [9.17, 15) is 0 Å².